The third-order valence-electron chi connectivity index (χ3n) is 5.21. The zero-order valence-electron chi connectivity index (χ0n) is 12.9. The largest absolute Gasteiger partial charge is 0.493 e. The molecule has 21 heavy (non-hydrogen) atoms. The molecular weight excluding hydrogens is 264 g/mol. The number of rotatable bonds is 6. The highest BCUT2D eigenvalue weighted by Gasteiger charge is 2.48. The number of hydrogen-bond acceptors (Lipinski definition) is 2. The predicted octanol–water partition coefficient (Wildman–Crippen LogP) is 3.99. The maximum atomic E-state index is 11.2. The summed E-state index contributed by atoms with van der Waals surface area (Å²) in [6, 6.07) is 4.26. The number of aliphatic carboxylic acids is 1. The van der Waals surface area contributed by atoms with Gasteiger partial charge in [-0.1, -0.05) is 12.5 Å². The van der Waals surface area contributed by atoms with Crippen molar-refractivity contribution in [2.75, 3.05) is 6.61 Å². The smallest absolute Gasteiger partial charge is 0.304 e. The minimum atomic E-state index is -0.712. The first-order valence-corrected chi connectivity index (χ1v) is 7.96. The lowest BCUT2D eigenvalue weighted by Gasteiger charge is -2.27. The second-order valence-electron chi connectivity index (χ2n) is 6.89. The molecule has 1 N–H and O–H groups in total. The van der Waals surface area contributed by atoms with Crippen molar-refractivity contribution < 1.29 is 14.6 Å². The molecule has 3 heteroatoms. The molecule has 1 aromatic rings. The zero-order valence-corrected chi connectivity index (χ0v) is 12.9. The van der Waals surface area contributed by atoms with Gasteiger partial charge in [-0.15, -0.1) is 0 Å². The highest BCUT2D eigenvalue weighted by Crippen LogP contribution is 2.54. The van der Waals surface area contributed by atoms with Gasteiger partial charge in [-0.3, -0.25) is 4.79 Å². The Kier molecular flexibility index (Phi) is 3.68. The van der Waals surface area contributed by atoms with Gasteiger partial charge in [0.1, 0.15) is 5.75 Å². The van der Waals surface area contributed by atoms with Crippen molar-refractivity contribution in [1.82, 2.24) is 0 Å². The number of carboxylic acid groups (broad SMARTS) is 1. The van der Waals surface area contributed by atoms with Crippen LogP contribution in [0.5, 0.6) is 5.75 Å². The number of carboxylic acids is 1. The van der Waals surface area contributed by atoms with Crippen LogP contribution in [0.2, 0.25) is 0 Å². The average Bonchev–Trinajstić information content (AvgIpc) is 3.11. The van der Waals surface area contributed by atoms with E-state index in [0.29, 0.717) is 5.92 Å². The van der Waals surface area contributed by atoms with Gasteiger partial charge in [0.15, 0.2) is 0 Å². The van der Waals surface area contributed by atoms with Crippen LogP contribution in [0.3, 0.4) is 0 Å². The summed E-state index contributed by atoms with van der Waals surface area (Å²) in [5, 5.41) is 9.19. The molecule has 0 spiro atoms. The molecule has 0 radical (unpaired) electrons. The van der Waals surface area contributed by atoms with Crippen LogP contribution in [-0.2, 0) is 10.2 Å². The fourth-order valence-electron chi connectivity index (χ4n) is 3.17. The SMILES string of the molecule is Cc1cc(OCC2CCC2)c(C2(CC(=O)O)CC2)cc1C. The Morgan fingerprint density at radius 1 is 1.29 bits per heavy atom. The minimum absolute atomic E-state index is 0.181. The van der Waals surface area contributed by atoms with Gasteiger partial charge in [0.05, 0.1) is 13.0 Å². The van der Waals surface area contributed by atoms with E-state index in [1.165, 1.54) is 30.4 Å². The molecule has 2 saturated carbocycles. The first-order valence-electron chi connectivity index (χ1n) is 7.96. The van der Waals surface area contributed by atoms with E-state index in [1.54, 1.807) is 0 Å². The Morgan fingerprint density at radius 3 is 2.48 bits per heavy atom. The summed E-state index contributed by atoms with van der Waals surface area (Å²) in [6.07, 6.45) is 5.98. The molecule has 1 aromatic carbocycles. The molecule has 0 heterocycles. The van der Waals surface area contributed by atoms with Crippen LogP contribution in [0.25, 0.3) is 0 Å². The van der Waals surface area contributed by atoms with Crippen LogP contribution in [0.15, 0.2) is 12.1 Å². The van der Waals surface area contributed by atoms with Crippen LogP contribution in [0.1, 0.15) is 55.2 Å². The fourth-order valence-corrected chi connectivity index (χ4v) is 3.17. The van der Waals surface area contributed by atoms with Gasteiger partial charge in [0.25, 0.3) is 0 Å². The Balaban J connectivity index is 1.86. The number of benzene rings is 1. The Bertz CT molecular complexity index is 554. The lowest BCUT2D eigenvalue weighted by atomic mass is 9.86. The lowest BCUT2D eigenvalue weighted by Crippen LogP contribution is -2.21. The van der Waals surface area contributed by atoms with Crippen LogP contribution < -0.4 is 4.74 Å². The number of aryl methyl sites for hydroxylation is 2. The van der Waals surface area contributed by atoms with Crippen molar-refractivity contribution >= 4 is 5.97 Å². The van der Waals surface area contributed by atoms with E-state index in [4.69, 9.17) is 4.74 Å². The van der Waals surface area contributed by atoms with Gasteiger partial charge >= 0.3 is 5.97 Å². The van der Waals surface area contributed by atoms with E-state index in [9.17, 15) is 9.90 Å². The topological polar surface area (TPSA) is 46.5 Å². The fraction of sp³-hybridized carbons (Fsp3) is 0.611. The van der Waals surface area contributed by atoms with Crippen LogP contribution in [0.4, 0.5) is 0 Å². The van der Waals surface area contributed by atoms with E-state index >= 15 is 0 Å². The molecule has 2 aliphatic carbocycles. The summed E-state index contributed by atoms with van der Waals surface area (Å²) in [5.41, 5.74) is 3.37. The molecule has 0 aliphatic heterocycles. The van der Waals surface area contributed by atoms with Crippen molar-refractivity contribution in [2.45, 2.75) is 57.8 Å². The molecular formula is C18H24O3. The van der Waals surface area contributed by atoms with Crippen LogP contribution >= 0.6 is 0 Å². The third kappa shape index (κ3) is 2.92. The van der Waals surface area contributed by atoms with Gasteiger partial charge in [-0.25, -0.2) is 0 Å². The molecule has 0 unspecified atom stereocenters. The van der Waals surface area contributed by atoms with Gasteiger partial charge < -0.3 is 9.84 Å². The Hall–Kier alpha value is -1.51. The minimum Gasteiger partial charge on any atom is -0.493 e. The van der Waals surface area contributed by atoms with Crippen molar-refractivity contribution in [3.63, 3.8) is 0 Å². The molecule has 3 nitrogen and oxygen atoms in total. The van der Waals surface area contributed by atoms with E-state index < -0.39 is 5.97 Å². The maximum absolute atomic E-state index is 11.2. The zero-order chi connectivity index (χ0) is 15.0. The van der Waals surface area contributed by atoms with E-state index in [2.05, 4.69) is 26.0 Å². The molecule has 0 bridgehead atoms. The van der Waals surface area contributed by atoms with E-state index in [-0.39, 0.29) is 11.8 Å². The first kappa shape index (κ1) is 14.4. The van der Waals surface area contributed by atoms with Gasteiger partial charge in [-0.05, 0) is 62.6 Å². The predicted molar refractivity (Wildman–Crippen MR) is 81.9 cm³/mol. The lowest BCUT2D eigenvalue weighted by molar-refractivity contribution is -0.137. The summed E-state index contributed by atoms with van der Waals surface area (Å²) in [6.45, 7) is 4.95. The molecule has 0 aromatic heterocycles. The van der Waals surface area contributed by atoms with Crippen molar-refractivity contribution in [1.29, 1.82) is 0 Å². The third-order valence-corrected chi connectivity index (χ3v) is 5.21. The first-order chi connectivity index (χ1) is 10.00. The molecule has 114 valence electrons. The van der Waals surface area contributed by atoms with Crippen LogP contribution in [-0.4, -0.2) is 17.7 Å². The Labute approximate surface area is 126 Å². The highest BCUT2D eigenvalue weighted by molar-refractivity contribution is 5.70. The monoisotopic (exact) mass is 288 g/mol. The quantitative estimate of drug-likeness (QED) is 0.861. The van der Waals surface area contributed by atoms with Gasteiger partial charge in [0, 0.05) is 11.0 Å². The summed E-state index contributed by atoms with van der Waals surface area (Å²) in [7, 11) is 0. The highest BCUT2D eigenvalue weighted by atomic mass is 16.5. The molecule has 2 fully saturated rings. The summed E-state index contributed by atoms with van der Waals surface area (Å²) in [5.74, 6) is 0.897. The normalized spacial score (nSPS) is 19.9. The second kappa shape index (κ2) is 5.36. The van der Waals surface area contributed by atoms with E-state index in [1.807, 2.05) is 0 Å². The van der Waals surface area contributed by atoms with Gasteiger partial charge in [-0.2, -0.15) is 0 Å². The molecule has 0 amide bonds. The van der Waals surface area contributed by atoms with E-state index in [0.717, 1.165) is 30.8 Å². The molecule has 3 rings (SSSR count). The van der Waals surface area contributed by atoms with Crippen LogP contribution in [0, 0.1) is 19.8 Å². The van der Waals surface area contributed by atoms with Crippen molar-refractivity contribution in [3.05, 3.63) is 28.8 Å². The second-order valence-corrected chi connectivity index (χ2v) is 6.89. The number of ether oxygens (including phenoxy) is 1. The molecule has 2 aliphatic rings. The molecule has 0 atom stereocenters. The standard InChI is InChI=1S/C18H24O3/c1-12-8-15(18(6-7-18)10-17(19)20)16(9-13(12)2)21-11-14-4-3-5-14/h8-9,14H,3-7,10-11H2,1-2H3,(H,19,20). The van der Waals surface area contributed by atoms with Gasteiger partial charge in [0.2, 0.25) is 0 Å². The summed E-state index contributed by atoms with van der Waals surface area (Å²) >= 11 is 0. The van der Waals surface area contributed by atoms with Crippen molar-refractivity contribution in [2.24, 2.45) is 5.92 Å². The summed E-state index contributed by atoms with van der Waals surface area (Å²) < 4.78 is 6.09. The maximum Gasteiger partial charge on any atom is 0.304 e. The average molecular weight is 288 g/mol. The number of carbonyl (C=O) groups is 1. The van der Waals surface area contributed by atoms with Crippen molar-refractivity contribution in [3.8, 4) is 5.75 Å². The summed E-state index contributed by atoms with van der Waals surface area (Å²) in [4.78, 5) is 11.2. The number of hydrogen-bond donors (Lipinski definition) is 1. The Morgan fingerprint density at radius 2 is 1.95 bits per heavy atom. The molecule has 0 saturated heterocycles.